The molecule has 0 amide bonds. The summed E-state index contributed by atoms with van der Waals surface area (Å²) in [4.78, 5) is 6.84. The van der Waals surface area contributed by atoms with Gasteiger partial charge in [-0.05, 0) is 42.5 Å². The number of nitrogens with zero attached hydrogens (tertiary/aromatic N) is 2. The monoisotopic (exact) mass is 338 g/mol. The van der Waals surface area contributed by atoms with E-state index in [2.05, 4.69) is 46.3 Å². The number of hydrogen-bond donors (Lipinski definition) is 0. The summed E-state index contributed by atoms with van der Waals surface area (Å²) in [6.07, 6.45) is 12.0. The zero-order valence-corrected chi connectivity index (χ0v) is 14.7. The lowest BCUT2D eigenvalue weighted by Gasteiger charge is -2.39. The molecule has 0 spiro atoms. The Morgan fingerprint density at radius 2 is 1.88 bits per heavy atom. The van der Waals surface area contributed by atoms with E-state index in [0.29, 0.717) is 11.2 Å². The van der Waals surface area contributed by atoms with E-state index < -0.39 is 0 Å². The molecule has 2 aliphatic rings. The minimum atomic E-state index is 0.556. The van der Waals surface area contributed by atoms with E-state index in [4.69, 9.17) is 11.6 Å². The second-order valence-electron chi connectivity index (χ2n) is 6.86. The summed E-state index contributed by atoms with van der Waals surface area (Å²) in [7, 11) is 0. The molecule has 0 saturated heterocycles. The van der Waals surface area contributed by atoms with Gasteiger partial charge in [0.05, 0.1) is 0 Å². The van der Waals surface area contributed by atoms with E-state index in [1.54, 1.807) is 0 Å². The third kappa shape index (κ3) is 3.21. The quantitative estimate of drug-likeness (QED) is 0.685. The summed E-state index contributed by atoms with van der Waals surface area (Å²) in [5.74, 6) is 0. The molecule has 0 unspecified atom stereocenters. The number of fused-ring (bicyclic) bond motifs is 1. The second-order valence-corrected chi connectivity index (χ2v) is 7.24. The van der Waals surface area contributed by atoms with Crippen LogP contribution in [0.15, 0.2) is 48.7 Å². The van der Waals surface area contributed by atoms with E-state index in [1.807, 2.05) is 12.3 Å². The molecule has 1 aliphatic heterocycles. The van der Waals surface area contributed by atoms with Gasteiger partial charge in [-0.25, -0.2) is 4.98 Å². The van der Waals surface area contributed by atoms with Gasteiger partial charge in [-0.3, -0.25) is 0 Å². The van der Waals surface area contributed by atoms with Crippen LogP contribution in [0.3, 0.4) is 0 Å². The van der Waals surface area contributed by atoms with Crippen molar-refractivity contribution in [2.45, 2.75) is 44.6 Å². The fourth-order valence-electron chi connectivity index (χ4n) is 4.05. The molecule has 2 heterocycles. The molecule has 1 aromatic carbocycles. The summed E-state index contributed by atoms with van der Waals surface area (Å²) in [6.45, 7) is 1.03. The highest BCUT2D eigenvalue weighted by atomic mass is 35.5. The van der Waals surface area contributed by atoms with Crippen molar-refractivity contribution in [1.29, 1.82) is 0 Å². The van der Waals surface area contributed by atoms with Crippen LogP contribution in [0.25, 0.3) is 5.57 Å². The van der Waals surface area contributed by atoms with Gasteiger partial charge in [0.25, 0.3) is 0 Å². The molecule has 1 fully saturated rings. The average molecular weight is 339 g/mol. The van der Waals surface area contributed by atoms with Crippen molar-refractivity contribution in [2.24, 2.45) is 0 Å². The van der Waals surface area contributed by atoms with Gasteiger partial charge in [0.2, 0.25) is 0 Å². The third-order valence-electron chi connectivity index (χ3n) is 5.29. The predicted octanol–water partition coefficient (Wildman–Crippen LogP) is 5.51. The second kappa shape index (κ2) is 6.98. The predicted molar refractivity (Wildman–Crippen MR) is 102 cm³/mol. The van der Waals surface area contributed by atoms with E-state index in [9.17, 15) is 0 Å². The van der Waals surface area contributed by atoms with Gasteiger partial charge in [-0.2, -0.15) is 0 Å². The zero-order chi connectivity index (χ0) is 16.4. The van der Waals surface area contributed by atoms with Crippen molar-refractivity contribution in [3.05, 3.63) is 65.0 Å². The molecular formula is C21H23ClN2. The fourth-order valence-corrected chi connectivity index (χ4v) is 4.16. The number of benzene rings is 1. The summed E-state index contributed by atoms with van der Waals surface area (Å²) < 4.78 is 0. The minimum Gasteiger partial charge on any atom is -0.364 e. The van der Waals surface area contributed by atoms with Crippen LogP contribution < -0.4 is 4.90 Å². The Balaban J connectivity index is 1.61. The Hall–Kier alpha value is -1.80. The molecule has 0 atom stereocenters. The molecule has 1 aliphatic carbocycles. The Bertz CT molecular complexity index is 730. The van der Waals surface area contributed by atoms with Gasteiger partial charge in [0.1, 0.15) is 5.15 Å². The normalized spacial score (nSPS) is 18.2. The Morgan fingerprint density at radius 3 is 2.67 bits per heavy atom. The summed E-state index contributed by atoms with van der Waals surface area (Å²) in [5, 5.41) is 0.556. The van der Waals surface area contributed by atoms with Crippen molar-refractivity contribution in [3.8, 4) is 0 Å². The smallest absolute Gasteiger partial charge is 0.129 e. The van der Waals surface area contributed by atoms with Crippen molar-refractivity contribution in [3.63, 3.8) is 0 Å². The number of aromatic nitrogens is 1. The van der Waals surface area contributed by atoms with E-state index in [1.165, 1.54) is 54.5 Å². The molecule has 1 aromatic heterocycles. The van der Waals surface area contributed by atoms with Crippen molar-refractivity contribution >= 4 is 22.9 Å². The van der Waals surface area contributed by atoms with E-state index >= 15 is 0 Å². The molecule has 24 heavy (non-hydrogen) atoms. The lowest BCUT2D eigenvalue weighted by molar-refractivity contribution is 0.420. The molecule has 3 heteroatoms. The SMILES string of the molecule is Clc1ccc(CC2=CCN(C3CCCCC3)c3ccccc32)cn1. The molecular weight excluding hydrogens is 316 g/mol. The number of pyridine rings is 1. The maximum Gasteiger partial charge on any atom is 0.129 e. The number of allylic oxidation sites excluding steroid dienone is 1. The first-order valence-corrected chi connectivity index (χ1v) is 9.34. The molecule has 0 N–H and O–H groups in total. The number of para-hydroxylation sites is 1. The van der Waals surface area contributed by atoms with E-state index in [0.717, 1.165) is 13.0 Å². The van der Waals surface area contributed by atoms with Gasteiger partial charge >= 0.3 is 0 Å². The topological polar surface area (TPSA) is 16.1 Å². The van der Waals surface area contributed by atoms with Gasteiger partial charge < -0.3 is 4.90 Å². The van der Waals surface area contributed by atoms with Crippen molar-refractivity contribution in [1.82, 2.24) is 4.98 Å². The Morgan fingerprint density at radius 1 is 1.04 bits per heavy atom. The first kappa shape index (κ1) is 15.7. The van der Waals surface area contributed by atoms with Crippen molar-refractivity contribution in [2.75, 3.05) is 11.4 Å². The molecule has 2 nitrogen and oxygen atoms in total. The third-order valence-corrected chi connectivity index (χ3v) is 5.52. The first-order chi connectivity index (χ1) is 11.8. The summed E-state index contributed by atoms with van der Waals surface area (Å²) in [6, 6.07) is 13.5. The molecule has 2 aromatic rings. The Kier molecular flexibility index (Phi) is 4.57. The number of rotatable bonds is 3. The number of halogens is 1. The maximum absolute atomic E-state index is 5.91. The number of hydrogen-bond acceptors (Lipinski definition) is 2. The average Bonchev–Trinajstić information content (AvgIpc) is 2.64. The van der Waals surface area contributed by atoms with Gasteiger partial charge in [-0.1, -0.05) is 61.2 Å². The van der Waals surface area contributed by atoms with Gasteiger partial charge in [-0.15, -0.1) is 0 Å². The lowest BCUT2D eigenvalue weighted by Crippen LogP contribution is -2.39. The first-order valence-electron chi connectivity index (χ1n) is 8.97. The molecule has 0 bridgehead atoms. The highest BCUT2D eigenvalue weighted by molar-refractivity contribution is 6.29. The van der Waals surface area contributed by atoms with Crippen LogP contribution in [0.2, 0.25) is 5.15 Å². The van der Waals surface area contributed by atoms with Crippen LogP contribution in [0.1, 0.15) is 43.2 Å². The molecule has 1 saturated carbocycles. The summed E-state index contributed by atoms with van der Waals surface area (Å²) in [5.41, 5.74) is 5.40. The van der Waals surface area contributed by atoms with Gasteiger partial charge in [0.15, 0.2) is 0 Å². The van der Waals surface area contributed by atoms with Crippen LogP contribution in [0, 0.1) is 0 Å². The van der Waals surface area contributed by atoms with Gasteiger partial charge in [0, 0.05) is 30.0 Å². The summed E-state index contributed by atoms with van der Waals surface area (Å²) >= 11 is 5.91. The minimum absolute atomic E-state index is 0.556. The maximum atomic E-state index is 5.91. The zero-order valence-electron chi connectivity index (χ0n) is 13.9. The highest BCUT2D eigenvalue weighted by Gasteiger charge is 2.26. The molecule has 124 valence electrons. The van der Waals surface area contributed by atoms with Crippen LogP contribution >= 0.6 is 11.6 Å². The van der Waals surface area contributed by atoms with E-state index in [-0.39, 0.29) is 0 Å². The lowest BCUT2D eigenvalue weighted by atomic mass is 9.89. The molecule has 0 radical (unpaired) electrons. The molecule has 4 rings (SSSR count). The van der Waals surface area contributed by atoms with Crippen molar-refractivity contribution < 1.29 is 0 Å². The Labute approximate surface area is 149 Å². The van der Waals surface area contributed by atoms with Crippen LogP contribution in [0.5, 0.6) is 0 Å². The van der Waals surface area contributed by atoms with Crippen LogP contribution in [-0.2, 0) is 6.42 Å². The largest absolute Gasteiger partial charge is 0.364 e. The fraction of sp³-hybridized carbons (Fsp3) is 0.381. The van der Waals surface area contributed by atoms with Crippen LogP contribution in [-0.4, -0.2) is 17.6 Å². The number of anilines is 1. The van der Waals surface area contributed by atoms with Crippen LogP contribution in [0.4, 0.5) is 5.69 Å². The highest BCUT2D eigenvalue weighted by Crippen LogP contribution is 2.37. The standard InChI is InChI=1S/C21H23ClN2/c22-21-11-10-16(15-23-21)14-17-12-13-24(18-6-2-1-3-7-18)20-9-5-4-8-19(17)20/h4-5,8-12,15,18H,1-3,6-7,13-14H2.